The predicted molar refractivity (Wildman–Crippen MR) is 115 cm³/mol. The fraction of sp³-hybridized carbons (Fsp3) is 0.350. The van der Waals surface area contributed by atoms with Gasteiger partial charge in [0.15, 0.2) is 0 Å². The predicted octanol–water partition coefficient (Wildman–Crippen LogP) is 3.07. The Morgan fingerprint density at radius 3 is 2.29 bits per heavy atom. The first-order valence-corrected chi connectivity index (χ1v) is 11.7. The van der Waals surface area contributed by atoms with Crippen molar-refractivity contribution in [2.45, 2.75) is 24.8 Å². The second-order valence-corrected chi connectivity index (χ2v) is 9.41. The summed E-state index contributed by atoms with van der Waals surface area (Å²) < 4.78 is 30.8. The topological polar surface area (TPSA) is 75.7 Å². The van der Waals surface area contributed by atoms with E-state index in [9.17, 15) is 13.2 Å². The van der Waals surface area contributed by atoms with Gasteiger partial charge in [-0.2, -0.15) is 0 Å². The Labute approximate surface area is 171 Å². The number of hydrogen-bond donors (Lipinski definition) is 1. The SMILES string of the molecule is COc1ccc(N(C(C)C(=O)NCCSc2ccc(C)cc2)S(C)(=O)=O)cc1. The molecule has 0 aliphatic heterocycles. The molecule has 0 aliphatic carbocycles. The number of aryl methyl sites for hydroxylation is 1. The molecule has 0 saturated carbocycles. The Hall–Kier alpha value is -2.19. The van der Waals surface area contributed by atoms with Gasteiger partial charge in [-0.1, -0.05) is 17.7 Å². The molecule has 0 saturated heterocycles. The molecule has 152 valence electrons. The molecule has 1 atom stereocenters. The first kappa shape index (κ1) is 22.1. The van der Waals surface area contributed by atoms with Crippen molar-refractivity contribution in [2.75, 3.05) is 30.0 Å². The largest absolute Gasteiger partial charge is 0.497 e. The maximum Gasteiger partial charge on any atom is 0.243 e. The molecule has 1 unspecified atom stereocenters. The van der Waals surface area contributed by atoms with Gasteiger partial charge in [-0.25, -0.2) is 8.42 Å². The molecule has 28 heavy (non-hydrogen) atoms. The van der Waals surface area contributed by atoms with Crippen LogP contribution in [0.15, 0.2) is 53.4 Å². The molecule has 1 N–H and O–H groups in total. The number of rotatable bonds is 9. The molecule has 2 aromatic carbocycles. The summed E-state index contributed by atoms with van der Waals surface area (Å²) in [6.45, 7) is 4.06. The van der Waals surface area contributed by atoms with Gasteiger partial charge in [-0.3, -0.25) is 9.10 Å². The lowest BCUT2D eigenvalue weighted by Crippen LogP contribution is -2.48. The zero-order chi connectivity index (χ0) is 20.7. The summed E-state index contributed by atoms with van der Waals surface area (Å²) in [6, 6.07) is 13.9. The fourth-order valence-electron chi connectivity index (χ4n) is 2.66. The highest BCUT2D eigenvalue weighted by Crippen LogP contribution is 2.24. The zero-order valence-corrected chi connectivity index (χ0v) is 18.1. The smallest absolute Gasteiger partial charge is 0.243 e. The van der Waals surface area contributed by atoms with Crippen LogP contribution < -0.4 is 14.4 Å². The van der Waals surface area contributed by atoms with Crippen molar-refractivity contribution < 1.29 is 17.9 Å². The van der Waals surface area contributed by atoms with E-state index in [-0.39, 0.29) is 5.91 Å². The number of anilines is 1. The molecule has 0 fully saturated rings. The minimum absolute atomic E-state index is 0.342. The number of hydrogen-bond acceptors (Lipinski definition) is 5. The molecular weight excluding hydrogens is 396 g/mol. The average molecular weight is 423 g/mol. The lowest BCUT2D eigenvalue weighted by atomic mass is 10.2. The number of carbonyl (C=O) groups is 1. The highest BCUT2D eigenvalue weighted by Gasteiger charge is 2.28. The van der Waals surface area contributed by atoms with Crippen LogP contribution in [0.25, 0.3) is 0 Å². The third-order valence-electron chi connectivity index (χ3n) is 4.11. The lowest BCUT2D eigenvalue weighted by molar-refractivity contribution is -0.121. The number of methoxy groups -OCH3 is 1. The average Bonchev–Trinajstić information content (AvgIpc) is 2.66. The highest BCUT2D eigenvalue weighted by molar-refractivity contribution is 7.99. The first-order valence-electron chi connectivity index (χ1n) is 8.83. The van der Waals surface area contributed by atoms with Gasteiger partial charge in [0, 0.05) is 17.2 Å². The monoisotopic (exact) mass is 422 g/mol. The quantitative estimate of drug-likeness (QED) is 0.497. The normalized spacial score (nSPS) is 12.3. The number of amides is 1. The molecule has 6 nitrogen and oxygen atoms in total. The van der Waals surface area contributed by atoms with Gasteiger partial charge in [0.25, 0.3) is 0 Å². The standard InChI is InChI=1S/C20H26N2O4S2/c1-15-5-11-19(12-6-15)27-14-13-21-20(23)16(2)22(28(4,24)25)17-7-9-18(26-3)10-8-17/h5-12,16H,13-14H2,1-4H3,(H,21,23). The van der Waals surface area contributed by atoms with Gasteiger partial charge in [-0.05, 0) is 50.2 Å². The molecule has 2 rings (SSSR count). The van der Waals surface area contributed by atoms with Crippen molar-refractivity contribution in [2.24, 2.45) is 0 Å². The zero-order valence-electron chi connectivity index (χ0n) is 16.5. The minimum atomic E-state index is -3.63. The first-order chi connectivity index (χ1) is 13.2. The van der Waals surface area contributed by atoms with E-state index in [1.165, 1.54) is 12.7 Å². The third-order valence-corrected chi connectivity index (χ3v) is 6.36. The van der Waals surface area contributed by atoms with E-state index in [0.29, 0.717) is 23.7 Å². The summed E-state index contributed by atoms with van der Waals surface area (Å²) in [7, 11) is -2.10. The van der Waals surface area contributed by atoms with Crippen molar-refractivity contribution in [3.05, 3.63) is 54.1 Å². The number of thioether (sulfide) groups is 1. The summed E-state index contributed by atoms with van der Waals surface area (Å²) >= 11 is 1.64. The number of benzene rings is 2. The Morgan fingerprint density at radius 1 is 1.14 bits per heavy atom. The van der Waals surface area contributed by atoms with E-state index in [2.05, 4.69) is 5.32 Å². The Morgan fingerprint density at radius 2 is 1.75 bits per heavy atom. The van der Waals surface area contributed by atoms with Crippen LogP contribution in [-0.2, 0) is 14.8 Å². The van der Waals surface area contributed by atoms with Crippen molar-refractivity contribution in [1.29, 1.82) is 0 Å². The molecule has 0 heterocycles. The van der Waals surface area contributed by atoms with E-state index in [4.69, 9.17) is 4.74 Å². The number of nitrogens with one attached hydrogen (secondary N) is 1. The van der Waals surface area contributed by atoms with Crippen LogP contribution in [0.3, 0.4) is 0 Å². The summed E-state index contributed by atoms with van der Waals surface area (Å²) in [5, 5.41) is 2.82. The molecule has 0 aliphatic rings. The second-order valence-electron chi connectivity index (χ2n) is 6.39. The molecule has 8 heteroatoms. The molecule has 0 aromatic heterocycles. The van der Waals surface area contributed by atoms with Crippen LogP contribution >= 0.6 is 11.8 Å². The van der Waals surface area contributed by atoms with Gasteiger partial charge in [-0.15, -0.1) is 11.8 Å². The van der Waals surface area contributed by atoms with Gasteiger partial charge >= 0.3 is 0 Å². The summed E-state index contributed by atoms with van der Waals surface area (Å²) in [5.74, 6) is 0.969. The van der Waals surface area contributed by atoms with Crippen molar-refractivity contribution in [1.82, 2.24) is 5.32 Å². The molecular formula is C20H26N2O4S2. The Balaban J connectivity index is 1.97. The van der Waals surface area contributed by atoms with Crippen LogP contribution in [0.2, 0.25) is 0 Å². The van der Waals surface area contributed by atoms with Crippen molar-refractivity contribution >= 4 is 33.4 Å². The fourth-order valence-corrected chi connectivity index (χ4v) is 4.61. The third kappa shape index (κ3) is 6.17. The van der Waals surface area contributed by atoms with E-state index in [1.54, 1.807) is 43.0 Å². The molecule has 2 aromatic rings. The van der Waals surface area contributed by atoms with E-state index >= 15 is 0 Å². The Bertz CT molecular complexity index is 881. The molecule has 0 spiro atoms. The van der Waals surface area contributed by atoms with E-state index in [0.717, 1.165) is 15.5 Å². The van der Waals surface area contributed by atoms with E-state index < -0.39 is 16.1 Å². The van der Waals surface area contributed by atoms with Crippen LogP contribution in [0.4, 0.5) is 5.69 Å². The van der Waals surface area contributed by atoms with Gasteiger partial charge < -0.3 is 10.1 Å². The summed E-state index contributed by atoms with van der Waals surface area (Å²) in [4.78, 5) is 13.7. The maximum absolute atomic E-state index is 12.5. The minimum Gasteiger partial charge on any atom is -0.497 e. The van der Waals surface area contributed by atoms with Crippen molar-refractivity contribution in [3.63, 3.8) is 0 Å². The highest BCUT2D eigenvalue weighted by atomic mass is 32.2. The van der Waals surface area contributed by atoms with Crippen molar-refractivity contribution in [3.8, 4) is 5.75 Å². The number of carbonyl (C=O) groups excluding carboxylic acids is 1. The van der Waals surface area contributed by atoms with Crippen LogP contribution in [0.1, 0.15) is 12.5 Å². The van der Waals surface area contributed by atoms with Crippen LogP contribution in [-0.4, -0.2) is 46.0 Å². The molecule has 1 amide bonds. The summed E-state index contributed by atoms with van der Waals surface area (Å²) in [6.07, 6.45) is 1.09. The lowest BCUT2D eigenvalue weighted by Gasteiger charge is -2.28. The van der Waals surface area contributed by atoms with E-state index in [1.807, 2.05) is 31.2 Å². The van der Waals surface area contributed by atoms with Crippen LogP contribution in [0.5, 0.6) is 5.75 Å². The van der Waals surface area contributed by atoms with Gasteiger partial charge in [0.2, 0.25) is 15.9 Å². The van der Waals surface area contributed by atoms with Crippen LogP contribution in [0, 0.1) is 6.92 Å². The Kier molecular flexibility index (Phi) is 7.77. The second kappa shape index (κ2) is 9.84. The summed E-state index contributed by atoms with van der Waals surface area (Å²) in [5.41, 5.74) is 1.62. The number of sulfonamides is 1. The van der Waals surface area contributed by atoms with Gasteiger partial charge in [0.05, 0.1) is 19.1 Å². The number of nitrogens with zero attached hydrogens (tertiary/aromatic N) is 1. The number of ether oxygens (including phenoxy) is 1. The van der Waals surface area contributed by atoms with Gasteiger partial charge in [0.1, 0.15) is 11.8 Å². The maximum atomic E-state index is 12.5. The molecule has 0 radical (unpaired) electrons. The molecule has 0 bridgehead atoms.